The summed E-state index contributed by atoms with van der Waals surface area (Å²) in [6.07, 6.45) is 2.58. The lowest BCUT2D eigenvalue weighted by atomic mass is 9.78. The summed E-state index contributed by atoms with van der Waals surface area (Å²) < 4.78 is 13.0. The lowest BCUT2D eigenvalue weighted by molar-refractivity contribution is 0.121. The molecule has 0 bridgehead atoms. The minimum Gasteiger partial charge on any atom is -0.396 e. The molecule has 1 unspecified atom stereocenters. The largest absolute Gasteiger partial charge is 0.396 e. The van der Waals surface area contributed by atoms with E-state index in [-0.39, 0.29) is 17.8 Å². The van der Waals surface area contributed by atoms with Gasteiger partial charge in [0.25, 0.3) is 0 Å². The predicted octanol–water partition coefficient (Wildman–Crippen LogP) is 2.41. The third-order valence-corrected chi connectivity index (χ3v) is 3.42. The first kappa shape index (κ1) is 14.1. The van der Waals surface area contributed by atoms with Crippen molar-refractivity contribution in [3.05, 3.63) is 35.1 Å². The minimum atomic E-state index is -0.267. The van der Waals surface area contributed by atoms with Gasteiger partial charge in [-0.05, 0) is 43.0 Å². The van der Waals surface area contributed by atoms with E-state index < -0.39 is 0 Å². The van der Waals surface area contributed by atoms with Crippen molar-refractivity contribution in [2.75, 3.05) is 13.2 Å². The lowest BCUT2D eigenvalue weighted by Gasteiger charge is -2.31. The number of nitrogens with two attached hydrogens (primary N) is 1. The fourth-order valence-corrected chi connectivity index (χ4v) is 2.25. The van der Waals surface area contributed by atoms with Gasteiger partial charge < -0.3 is 10.8 Å². The smallest absolute Gasteiger partial charge is 0.123 e. The average molecular weight is 239 g/mol. The quantitative estimate of drug-likeness (QED) is 0.800. The number of hydrogen-bond acceptors (Lipinski definition) is 2. The van der Waals surface area contributed by atoms with Crippen molar-refractivity contribution in [1.82, 2.24) is 0 Å². The zero-order valence-electron chi connectivity index (χ0n) is 10.7. The average Bonchev–Trinajstić information content (AvgIpc) is 2.32. The van der Waals surface area contributed by atoms with Crippen molar-refractivity contribution in [2.24, 2.45) is 11.1 Å². The van der Waals surface area contributed by atoms with E-state index in [0.29, 0.717) is 13.0 Å². The number of aryl methyl sites for hydroxylation is 1. The van der Waals surface area contributed by atoms with E-state index in [1.165, 1.54) is 12.1 Å². The molecule has 0 aliphatic rings. The Morgan fingerprint density at radius 1 is 1.41 bits per heavy atom. The van der Waals surface area contributed by atoms with Crippen LogP contribution in [-0.2, 0) is 6.42 Å². The van der Waals surface area contributed by atoms with Crippen molar-refractivity contribution < 1.29 is 9.50 Å². The molecule has 1 rings (SSSR count). The summed E-state index contributed by atoms with van der Waals surface area (Å²) in [4.78, 5) is 0. The number of aliphatic hydroxyl groups excluding tert-OH is 1. The van der Waals surface area contributed by atoms with Crippen LogP contribution in [0.4, 0.5) is 4.39 Å². The van der Waals surface area contributed by atoms with Crippen LogP contribution in [0, 0.1) is 18.2 Å². The SMILES string of the molecule is CCCC(CN)(CO)Cc1ccc(F)cc1C. The summed E-state index contributed by atoms with van der Waals surface area (Å²) in [6.45, 7) is 4.50. The highest BCUT2D eigenvalue weighted by Crippen LogP contribution is 2.28. The fourth-order valence-electron chi connectivity index (χ4n) is 2.25. The monoisotopic (exact) mass is 239 g/mol. The molecule has 0 saturated carbocycles. The number of hydrogen-bond donors (Lipinski definition) is 2. The zero-order chi connectivity index (χ0) is 12.9. The van der Waals surface area contributed by atoms with Crippen LogP contribution < -0.4 is 5.73 Å². The van der Waals surface area contributed by atoms with E-state index >= 15 is 0 Å². The summed E-state index contributed by atoms with van der Waals surface area (Å²) in [5.74, 6) is -0.218. The van der Waals surface area contributed by atoms with E-state index in [2.05, 4.69) is 6.92 Å². The molecule has 3 heteroatoms. The predicted molar refractivity (Wildman–Crippen MR) is 68.3 cm³/mol. The van der Waals surface area contributed by atoms with Crippen molar-refractivity contribution in [2.45, 2.75) is 33.1 Å². The molecule has 0 aromatic heterocycles. The Kier molecular flexibility index (Phi) is 5.09. The number of aliphatic hydroxyl groups is 1. The Balaban J connectivity index is 2.92. The van der Waals surface area contributed by atoms with Gasteiger partial charge in [0.15, 0.2) is 0 Å². The van der Waals surface area contributed by atoms with Gasteiger partial charge >= 0.3 is 0 Å². The van der Waals surface area contributed by atoms with Crippen molar-refractivity contribution >= 4 is 0 Å². The number of benzene rings is 1. The van der Waals surface area contributed by atoms with Crippen molar-refractivity contribution in [3.8, 4) is 0 Å². The molecule has 3 N–H and O–H groups in total. The van der Waals surface area contributed by atoms with Gasteiger partial charge in [0.05, 0.1) is 6.61 Å². The van der Waals surface area contributed by atoms with Gasteiger partial charge in [-0.2, -0.15) is 0 Å². The maximum Gasteiger partial charge on any atom is 0.123 e. The first-order chi connectivity index (χ1) is 8.06. The molecule has 17 heavy (non-hydrogen) atoms. The lowest BCUT2D eigenvalue weighted by Crippen LogP contribution is -2.36. The molecule has 1 atom stereocenters. The highest BCUT2D eigenvalue weighted by molar-refractivity contribution is 5.27. The summed E-state index contributed by atoms with van der Waals surface area (Å²) in [6, 6.07) is 4.78. The third kappa shape index (κ3) is 3.51. The van der Waals surface area contributed by atoms with Crippen LogP contribution in [0.25, 0.3) is 0 Å². The first-order valence-electron chi connectivity index (χ1n) is 6.13. The molecule has 1 aromatic rings. The molecule has 0 spiro atoms. The van der Waals surface area contributed by atoms with Gasteiger partial charge in [0, 0.05) is 12.0 Å². The van der Waals surface area contributed by atoms with E-state index in [1.54, 1.807) is 6.07 Å². The fraction of sp³-hybridized carbons (Fsp3) is 0.571. The Hall–Kier alpha value is -0.930. The normalized spacial score (nSPS) is 14.6. The zero-order valence-corrected chi connectivity index (χ0v) is 10.7. The van der Waals surface area contributed by atoms with Gasteiger partial charge in [-0.3, -0.25) is 0 Å². The van der Waals surface area contributed by atoms with E-state index in [9.17, 15) is 9.50 Å². The van der Waals surface area contributed by atoms with E-state index in [4.69, 9.17) is 5.73 Å². The summed E-state index contributed by atoms with van der Waals surface area (Å²) in [7, 11) is 0. The second-order valence-corrected chi connectivity index (χ2v) is 4.86. The highest BCUT2D eigenvalue weighted by Gasteiger charge is 2.27. The molecule has 96 valence electrons. The van der Waals surface area contributed by atoms with Crippen LogP contribution in [0.15, 0.2) is 18.2 Å². The molecule has 1 aromatic carbocycles. The Morgan fingerprint density at radius 3 is 2.59 bits per heavy atom. The highest BCUT2D eigenvalue weighted by atomic mass is 19.1. The topological polar surface area (TPSA) is 46.2 Å². The molecular weight excluding hydrogens is 217 g/mol. The summed E-state index contributed by atoms with van der Waals surface area (Å²) in [5, 5.41) is 9.56. The Morgan fingerprint density at radius 2 is 2.12 bits per heavy atom. The number of rotatable bonds is 6. The Bertz CT molecular complexity index is 361. The second-order valence-electron chi connectivity index (χ2n) is 4.86. The van der Waals surface area contributed by atoms with Crippen LogP contribution in [-0.4, -0.2) is 18.3 Å². The van der Waals surface area contributed by atoms with Gasteiger partial charge in [-0.1, -0.05) is 19.4 Å². The van der Waals surface area contributed by atoms with E-state index in [1.807, 2.05) is 6.92 Å². The summed E-state index contributed by atoms with van der Waals surface area (Å²) in [5.41, 5.74) is 7.52. The molecule has 0 aliphatic carbocycles. The van der Waals surface area contributed by atoms with Gasteiger partial charge in [-0.15, -0.1) is 0 Å². The molecule has 0 heterocycles. The maximum absolute atomic E-state index is 13.0. The second kappa shape index (κ2) is 6.12. The first-order valence-corrected chi connectivity index (χ1v) is 6.13. The maximum atomic E-state index is 13.0. The molecule has 0 radical (unpaired) electrons. The van der Waals surface area contributed by atoms with Crippen molar-refractivity contribution in [3.63, 3.8) is 0 Å². The molecule has 2 nitrogen and oxygen atoms in total. The minimum absolute atomic E-state index is 0.0775. The Labute approximate surface area is 103 Å². The van der Waals surface area contributed by atoms with Crippen LogP contribution in [0.5, 0.6) is 0 Å². The van der Waals surface area contributed by atoms with Crippen LogP contribution >= 0.6 is 0 Å². The third-order valence-electron chi connectivity index (χ3n) is 3.42. The van der Waals surface area contributed by atoms with Crippen LogP contribution in [0.3, 0.4) is 0 Å². The van der Waals surface area contributed by atoms with E-state index in [0.717, 1.165) is 24.0 Å². The number of halogens is 1. The molecular formula is C14H22FNO. The van der Waals surface area contributed by atoms with Gasteiger partial charge in [0.1, 0.15) is 5.82 Å². The van der Waals surface area contributed by atoms with Gasteiger partial charge in [-0.25, -0.2) is 4.39 Å². The molecule has 0 amide bonds. The van der Waals surface area contributed by atoms with Crippen molar-refractivity contribution in [1.29, 1.82) is 0 Å². The standard InChI is InChI=1S/C14H22FNO/c1-3-6-14(9-16,10-17)8-12-4-5-13(15)7-11(12)2/h4-5,7,17H,3,6,8-10,16H2,1-2H3. The van der Waals surface area contributed by atoms with Crippen LogP contribution in [0.2, 0.25) is 0 Å². The summed E-state index contributed by atoms with van der Waals surface area (Å²) >= 11 is 0. The van der Waals surface area contributed by atoms with Gasteiger partial charge in [0.2, 0.25) is 0 Å². The van der Waals surface area contributed by atoms with Crippen LogP contribution in [0.1, 0.15) is 30.9 Å². The molecule has 0 fully saturated rings. The molecule has 0 aliphatic heterocycles. The molecule has 0 saturated heterocycles.